The number of nitriles is 1. The maximum absolute atomic E-state index is 9.69. The molecule has 0 saturated heterocycles. The number of hydrogen-bond donors (Lipinski definition) is 5. The van der Waals surface area contributed by atoms with Crippen molar-refractivity contribution < 1.29 is 20.4 Å². The van der Waals surface area contributed by atoms with Gasteiger partial charge < -0.3 is 26.2 Å². The molecule has 0 aliphatic rings. The van der Waals surface area contributed by atoms with Gasteiger partial charge in [-0.3, -0.25) is 0 Å². The molecule has 0 bridgehead atoms. The highest BCUT2D eigenvalue weighted by atomic mass is 16.4. The Morgan fingerprint density at radius 1 is 1.41 bits per heavy atom. The molecule has 0 aromatic carbocycles. The highest BCUT2D eigenvalue weighted by Crippen LogP contribution is 2.21. The highest BCUT2D eigenvalue weighted by Gasteiger charge is 2.26. The van der Waals surface area contributed by atoms with Crippen molar-refractivity contribution in [1.29, 1.82) is 5.26 Å². The first-order valence-electron chi connectivity index (χ1n) is 4.81. The van der Waals surface area contributed by atoms with Crippen LogP contribution in [0.5, 0.6) is 0 Å². The summed E-state index contributed by atoms with van der Waals surface area (Å²) >= 11 is 0. The molecule has 0 radical (unpaired) electrons. The van der Waals surface area contributed by atoms with Crippen LogP contribution >= 0.6 is 0 Å². The van der Waals surface area contributed by atoms with Crippen LogP contribution in [0, 0.1) is 11.3 Å². The van der Waals surface area contributed by atoms with Crippen molar-refractivity contribution in [3.05, 3.63) is 23.4 Å². The van der Waals surface area contributed by atoms with Crippen molar-refractivity contribution in [1.82, 2.24) is 4.98 Å². The normalized spacial score (nSPS) is 15.9. The predicted molar refractivity (Wildman–Crippen MR) is 57.4 cm³/mol. The average molecular weight is 239 g/mol. The van der Waals surface area contributed by atoms with Gasteiger partial charge in [0.25, 0.3) is 0 Å². The molecule has 1 aromatic rings. The third kappa shape index (κ3) is 2.89. The van der Waals surface area contributed by atoms with Gasteiger partial charge in [-0.05, 0) is 6.07 Å². The Morgan fingerprint density at radius 2 is 2.06 bits per heavy atom. The molecule has 17 heavy (non-hydrogen) atoms. The monoisotopic (exact) mass is 239 g/mol. The Morgan fingerprint density at radius 3 is 2.59 bits per heavy atom. The Kier molecular flexibility index (Phi) is 4.37. The van der Waals surface area contributed by atoms with E-state index in [2.05, 4.69) is 4.98 Å². The van der Waals surface area contributed by atoms with Crippen molar-refractivity contribution in [3.63, 3.8) is 0 Å². The Hall–Kier alpha value is -1.72. The van der Waals surface area contributed by atoms with E-state index >= 15 is 0 Å². The Bertz CT molecular complexity index is 432. The average Bonchev–Trinajstić information content (AvgIpc) is 2.36. The molecular weight excluding hydrogens is 226 g/mol. The summed E-state index contributed by atoms with van der Waals surface area (Å²) in [7, 11) is 0. The van der Waals surface area contributed by atoms with Gasteiger partial charge in [-0.1, -0.05) is 0 Å². The van der Waals surface area contributed by atoms with Crippen LogP contribution in [0.2, 0.25) is 0 Å². The van der Waals surface area contributed by atoms with Crippen LogP contribution < -0.4 is 5.73 Å². The number of rotatable bonds is 4. The summed E-state index contributed by atoms with van der Waals surface area (Å²) in [6, 6.07) is 3.04. The van der Waals surface area contributed by atoms with Crippen LogP contribution in [-0.4, -0.2) is 44.2 Å². The van der Waals surface area contributed by atoms with Gasteiger partial charge in [-0.2, -0.15) is 5.26 Å². The lowest BCUT2D eigenvalue weighted by Crippen LogP contribution is -2.34. The van der Waals surface area contributed by atoms with E-state index in [9.17, 15) is 10.2 Å². The molecule has 7 nitrogen and oxygen atoms in total. The second kappa shape index (κ2) is 5.56. The Balaban J connectivity index is 2.97. The van der Waals surface area contributed by atoms with E-state index in [1.807, 2.05) is 0 Å². The molecular formula is C10H13N3O4. The summed E-state index contributed by atoms with van der Waals surface area (Å²) < 4.78 is 0. The maximum Gasteiger partial charge on any atom is 0.141 e. The van der Waals surface area contributed by atoms with E-state index in [0.29, 0.717) is 0 Å². The summed E-state index contributed by atoms with van der Waals surface area (Å²) in [5.74, 6) is 0.0145. The fourth-order valence-electron chi connectivity index (χ4n) is 1.26. The first-order chi connectivity index (χ1) is 8.01. The number of aliphatic hydroxyl groups excluding tert-OH is 4. The predicted octanol–water partition coefficient (Wildman–Crippen LogP) is -1.72. The number of aromatic nitrogens is 1. The lowest BCUT2D eigenvalue weighted by molar-refractivity contribution is -0.0777. The van der Waals surface area contributed by atoms with Gasteiger partial charge in [0.2, 0.25) is 0 Å². The zero-order valence-electron chi connectivity index (χ0n) is 8.85. The Labute approximate surface area is 97.4 Å². The molecule has 1 rings (SSSR count). The largest absolute Gasteiger partial charge is 0.394 e. The van der Waals surface area contributed by atoms with Crippen LogP contribution in [0.25, 0.3) is 0 Å². The molecule has 6 N–H and O–H groups in total. The number of anilines is 1. The zero-order chi connectivity index (χ0) is 13.0. The molecule has 3 atom stereocenters. The second-order valence-corrected chi connectivity index (χ2v) is 3.50. The molecule has 0 aliphatic carbocycles. The molecule has 0 amide bonds. The van der Waals surface area contributed by atoms with Crippen molar-refractivity contribution >= 4 is 5.82 Å². The number of nitrogen functional groups attached to an aromatic ring is 1. The van der Waals surface area contributed by atoms with E-state index in [1.165, 1.54) is 12.3 Å². The molecule has 92 valence electrons. The van der Waals surface area contributed by atoms with Gasteiger partial charge >= 0.3 is 0 Å². The van der Waals surface area contributed by atoms with E-state index in [1.54, 1.807) is 6.07 Å². The number of pyridine rings is 1. The summed E-state index contributed by atoms with van der Waals surface area (Å²) in [5.41, 5.74) is 5.59. The first kappa shape index (κ1) is 13.3. The van der Waals surface area contributed by atoms with Gasteiger partial charge in [0.05, 0.1) is 12.2 Å². The summed E-state index contributed by atoms with van der Waals surface area (Å²) in [6.07, 6.45) is -3.32. The molecule has 1 heterocycles. The summed E-state index contributed by atoms with van der Waals surface area (Å²) in [4.78, 5) is 3.68. The van der Waals surface area contributed by atoms with E-state index in [4.69, 9.17) is 21.2 Å². The molecule has 0 unspecified atom stereocenters. The number of nitrogens with two attached hydrogens (primary N) is 1. The fourth-order valence-corrected chi connectivity index (χ4v) is 1.26. The standard InChI is InChI=1S/C10H13N3O4/c11-2-5-1-6(3-13-10(5)12)8(16)9(17)7(15)4-14/h1,3,7-9,14-17H,4H2,(H2,12,13)/t7-,8-,9-/m1/s1. The number of aliphatic hydroxyl groups is 4. The third-order valence-electron chi connectivity index (χ3n) is 2.31. The fraction of sp³-hybridized carbons (Fsp3) is 0.400. The smallest absolute Gasteiger partial charge is 0.141 e. The van der Waals surface area contributed by atoms with Crippen molar-refractivity contribution in [2.45, 2.75) is 18.3 Å². The minimum Gasteiger partial charge on any atom is -0.394 e. The van der Waals surface area contributed by atoms with Crippen LogP contribution in [0.4, 0.5) is 5.82 Å². The minimum absolute atomic E-state index is 0.0145. The first-order valence-corrected chi connectivity index (χ1v) is 4.81. The van der Waals surface area contributed by atoms with Crippen molar-refractivity contribution in [2.75, 3.05) is 12.3 Å². The number of hydrogen-bond acceptors (Lipinski definition) is 7. The minimum atomic E-state index is -1.57. The van der Waals surface area contributed by atoms with Gasteiger partial charge in [-0.25, -0.2) is 4.98 Å². The molecule has 1 aromatic heterocycles. The quantitative estimate of drug-likeness (QED) is 0.420. The summed E-state index contributed by atoms with van der Waals surface area (Å²) in [5, 5.41) is 45.7. The second-order valence-electron chi connectivity index (χ2n) is 3.50. The molecule has 0 spiro atoms. The van der Waals surface area contributed by atoms with Crippen molar-refractivity contribution in [2.24, 2.45) is 0 Å². The van der Waals surface area contributed by atoms with Crippen LogP contribution in [0.3, 0.4) is 0 Å². The molecule has 0 fully saturated rings. The molecule has 7 heteroatoms. The lowest BCUT2D eigenvalue weighted by atomic mass is 10.0. The van der Waals surface area contributed by atoms with E-state index in [-0.39, 0.29) is 16.9 Å². The summed E-state index contributed by atoms with van der Waals surface area (Å²) in [6.45, 7) is -0.689. The highest BCUT2D eigenvalue weighted by molar-refractivity contribution is 5.49. The van der Waals surface area contributed by atoms with Gasteiger partial charge in [0.1, 0.15) is 30.2 Å². The molecule has 0 saturated carbocycles. The van der Waals surface area contributed by atoms with E-state index < -0.39 is 24.9 Å². The maximum atomic E-state index is 9.69. The third-order valence-corrected chi connectivity index (χ3v) is 2.31. The molecule has 0 aliphatic heterocycles. The SMILES string of the molecule is N#Cc1cc([C@@H](O)[C@H](O)[C@H](O)CO)cnc1N. The topological polar surface area (TPSA) is 144 Å². The van der Waals surface area contributed by atoms with E-state index in [0.717, 1.165) is 0 Å². The van der Waals surface area contributed by atoms with Crippen LogP contribution in [0.15, 0.2) is 12.3 Å². The van der Waals surface area contributed by atoms with Crippen LogP contribution in [0.1, 0.15) is 17.2 Å². The number of nitrogens with zero attached hydrogens (tertiary/aromatic N) is 2. The zero-order valence-corrected chi connectivity index (χ0v) is 8.85. The van der Waals surface area contributed by atoms with Gasteiger partial charge in [0.15, 0.2) is 0 Å². The van der Waals surface area contributed by atoms with Crippen molar-refractivity contribution in [3.8, 4) is 6.07 Å². The van der Waals surface area contributed by atoms with Gasteiger partial charge in [0, 0.05) is 11.8 Å². The lowest BCUT2D eigenvalue weighted by Gasteiger charge is -2.21. The van der Waals surface area contributed by atoms with Gasteiger partial charge in [-0.15, -0.1) is 0 Å². The van der Waals surface area contributed by atoms with Crippen LogP contribution in [-0.2, 0) is 0 Å².